The Hall–Kier alpha value is -0.0431. The molecule has 3 nitrogen and oxygen atoms in total. The van der Waals surface area contributed by atoms with Gasteiger partial charge in [-0.1, -0.05) is 25.7 Å². The molecule has 0 saturated heterocycles. The molecule has 1 heterocycles. The lowest BCUT2D eigenvalue weighted by atomic mass is 10.1. The number of hydrogen-bond acceptors (Lipinski definition) is 4. The fourth-order valence-corrected chi connectivity index (χ4v) is 5.65. The van der Waals surface area contributed by atoms with E-state index in [9.17, 15) is 4.21 Å². The van der Waals surface area contributed by atoms with E-state index in [-0.39, 0.29) is 6.10 Å². The maximum atomic E-state index is 11.5. The van der Waals surface area contributed by atoms with Gasteiger partial charge in [0.2, 0.25) is 0 Å². The van der Waals surface area contributed by atoms with E-state index in [1.54, 1.807) is 18.0 Å². The molecule has 0 aromatic carbocycles. The first kappa shape index (κ1) is 21.0. The first-order chi connectivity index (χ1) is 10.8. The molecule has 3 atom stereocenters. The first-order valence-electron chi connectivity index (χ1n) is 8.39. The van der Waals surface area contributed by atoms with E-state index >= 15 is 0 Å². The maximum absolute atomic E-state index is 11.5. The minimum atomic E-state index is -1.58. The molecule has 0 saturated carbocycles. The van der Waals surface area contributed by atoms with Gasteiger partial charge in [-0.15, -0.1) is 11.8 Å². The Labute approximate surface area is 149 Å². The van der Waals surface area contributed by atoms with Crippen LogP contribution in [0.2, 0.25) is 19.6 Å². The highest BCUT2D eigenvalue weighted by atomic mass is 32.2. The zero-order valence-corrected chi connectivity index (χ0v) is 17.8. The number of unbranched alkanes of at least 4 members (excludes halogenated alkanes) is 3. The molecule has 0 spiro atoms. The number of hydrogen-bond donors (Lipinski definition) is 0. The molecule has 3 unspecified atom stereocenters. The lowest BCUT2D eigenvalue weighted by Gasteiger charge is -2.25. The summed E-state index contributed by atoms with van der Waals surface area (Å²) in [4.78, 5) is 0. The second-order valence-electron chi connectivity index (χ2n) is 6.89. The van der Waals surface area contributed by atoms with E-state index < -0.39 is 19.1 Å². The molecule has 0 N–H and O–H groups in total. The summed E-state index contributed by atoms with van der Waals surface area (Å²) in [5.41, 5.74) is 0. The molecule has 0 bridgehead atoms. The summed E-state index contributed by atoms with van der Waals surface area (Å²) < 4.78 is 23.6. The highest BCUT2D eigenvalue weighted by Crippen LogP contribution is 2.28. The van der Waals surface area contributed by atoms with Crippen molar-refractivity contribution in [3.8, 4) is 0 Å². The van der Waals surface area contributed by atoms with Gasteiger partial charge < -0.3 is 8.84 Å². The molecule has 23 heavy (non-hydrogen) atoms. The number of thioether (sulfide) groups is 1. The SMILES string of the molecule is CSC(CCCCCCC(O[Si](C)(C)C)c1ccco1)S(C)=O. The fraction of sp³-hybridized carbons (Fsp3) is 0.765. The van der Waals surface area contributed by atoms with Crippen LogP contribution in [0.15, 0.2) is 22.8 Å². The summed E-state index contributed by atoms with van der Waals surface area (Å²) in [6.07, 6.45) is 12.5. The van der Waals surface area contributed by atoms with E-state index in [1.165, 1.54) is 12.8 Å². The third kappa shape index (κ3) is 9.13. The van der Waals surface area contributed by atoms with Crippen LogP contribution >= 0.6 is 11.8 Å². The van der Waals surface area contributed by atoms with Crippen LogP contribution in [-0.2, 0) is 15.2 Å². The summed E-state index contributed by atoms with van der Waals surface area (Å²) in [5, 5.41) is 0. The molecule has 134 valence electrons. The molecule has 0 radical (unpaired) electrons. The second-order valence-corrected chi connectivity index (χ2v) is 14.3. The quantitative estimate of drug-likeness (QED) is 0.352. The highest BCUT2D eigenvalue weighted by Gasteiger charge is 2.23. The molecule has 1 rings (SSSR count). The molecule has 0 aliphatic heterocycles. The van der Waals surface area contributed by atoms with Gasteiger partial charge in [0.1, 0.15) is 11.9 Å². The predicted molar refractivity (Wildman–Crippen MR) is 105 cm³/mol. The van der Waals surface area contributed by atoms with Crippen molar-refractivity contribution in [1.29, 1.82) is 0 Å². The summed E-state index contributed by atoms with van der Waals surface area (Å²) in [7, 11) is -2.30. The monoisotopic (exact) mass is 376 g/mol. The molecule has 0 fully saturated rings. The van der Waals surface area contributed by atoms with E-state index in [0.717, 1.165) is 31.4 Å². The normalized spacial score (nSPS) is 16.2. The third-order valence-corrected chi connectivity index (χ3v) is 7.77. The van der Waals surface area contributed by atoms with Crippen molar-refractivity contribution in [1.82, 2.24) is 0 Å². The molecule has 0 amide bonds. The minimum Gasteiger partial charge on any atom is -0.467 e. The summed E-state index contributed by atoms with van der Waals surface area (Å²) >= 11 is 1.72. The average molecular weight is 377 g/mol. The van der Waals surface area contributed by atoms with Crippen LogP contribution in [0.5, 0.6) is 0 Å². The van der Waals surface area contributed by atoms with Gasteiger partial charge in [-0.05, 0) is 50.9 Å². The summed E-state index contributed by atoms with van der Waals surface area (Å²) in [6, 6.07) is 3.95. The van der Waals surface area contributed by atoms with Gasteiger partial charge in [-0.25, -0.2) is 0 Å². The van der Waals surface area contributed by atoms with Gasteiger partial charge in [0.05, 0.1) is 10.8 Å². The first-order valence-corrected chi connectivity index (χ1v) is 14.7. The van der Waals surface area contributed by atoms with Crippen molar-refractivity contribution in [2.75, 3.05) is 12.5 Å². The molecule has 0 aliphatic rings. The molecule has 1 aromatic heterocycles. The van der Waals surface area contributed by atoms with Crippen LogP contribution in [0.25, 0.3) is 0 Å². The fourth-order valence-electron chi connectivity index (χ4n) is 2.57. The average Bonchev–Trinajstić information content (AvgIpc) is 2.97. The van der Waals surface area contributed by atoms with Crippen molar-refractivity contribution >= 4 is 30.9 Å². The van der Waals surface area contributed by atoms with Crippen molar-refractivity contribution in [3.63, 3.8) is 0 Å². The summed E-state index contributed by atoms with van der Waals surface area (Å²) in [6.45, 7) is 6.66. The van der Waals surface area contributed by atoms with Crippen molar-refractivity contribution in [2.45, 2.75) is 68.9 Å². The van der Waals surface area contributed by atoms with Crippen molar-refractivity contribution < 1.29 is 13.1 Å². The third-order valence-electron chi connectivity index (χ3n) is 3.65. The van der Waals surface area contributed by atoms with E-state index in [0.29, 0.717) is 4.58 Å². The second kappa shape index (κ2) is 10.7. The zero-order valence-electron chi connectivity index (χ0n) is 15.2. The zero-order chi connectivity index (χ0) is 17.3. The predicted octanol–water partition coefficient (Wildman–Crippen LogP) is 5.58. The van der Waals surface area contributed by atoms with Gasteiger partial charge in [-0.2, -0.15) is 0 Å². The smallest absolute Gasteiger partial charge is 0.184 e. The van der Waals surface area contributed by atoms with E-state index in [2.05, 4.69) is 19.6 Å². The van der Waals surface area contributed by atoms with Crippen LogP contribution in [0.4, 0.5) is 0 Å². The molecular weight excluding hydrogens is 344 g/mol. The van der Waals surface area contributed by atoms with Gasteiger partial charge in [0.25, 0.3) is 0 Å². The van der Waals surface area contributed by atoms with E-state index in [1.807, 2.05) is 24.6 Å². The van der Waals surface area contributed by atoms with Crippen LogP contribution in [-0.4, -0.2) is 29.6 Å². The Kier molecular flexibility index (Phi) is 9.81. The lowest BCUT2D eigenvalue weighted by molar-refractivity contribution is 0.155. The Morgan fingerprint density at radius 3 is 2.35 bits per heavy atom. The van der Waals surface area contributed by atoms with Gasteiger partial charge in [-0.3, -0.25) is 4.21 Å². The highest BCUT2D eigenvalue weighted by molar-refractivity contribution is 8.10. The van der Waals surface area contributed by atoms with Crippen LogP contribution in [0.1, 0.15) is 50.4 Å². The Balaban J connectivity index is 2.29. The van der Waals surface area contributed by atoms with Gasteiger partial charge in [0, 0.05) is 17.1 Å². The largest absolute Gasteiger partial charge is 0.467 e. The standard InChI is InChI=1S/C17H32O3S2Si/c1-21-17(22(2)18)13-9-7-6-8-11-16(20-23(3,4)5)15-12-10-14-19-15/h10,12,14,16-17H,6-9,11,13H2,1-5H3. The lowest BCUT2D eigenvalue weighted by Crippen LogP contribution is -2.27. The van der Waals surface area contributed by atoms with Crippen LogP contribution in [0.3, 0.4) is 0 Å². The topological polar surface area (TPSA) is 39.4 Å². The van der Waals surface area contributed by atoms with E-state index in [4.69, 9.17) is 8.84 Å². The molecule has 0 aliphatic carbocycles. The molecular formula is C17H32O3S2Si. The van der Waals surface area contributed by atoms with Gasteiger partial charge >= 0.3 is 0 Å². The number of furan rings is 1. The molecule has 6 heteroatoms. The minimum absolute atomic E-state index is 0.0961. The van der Waals surface area contributed by atoms with Crippen molar-refractivity contribution in [2.24, 2.45) is 0 Å². The summed E-state index contributed by atoms with van der Waals surface area (Å²) in [5.74, 6) is 0.955. The van der Waals surface area contributed by atoms with Crippen LogP contribution in [0, 0.1) is 0 Å². The van der Waals surface area contributed by atoms with Crippen molar-refractivity contribution in [3.05, 3.63) is 24.2 Å². The Morgan fingerprint density at radius 1 is 1.22 bits per heavy atom. The van der Waals surface area contributed by atoms with Gasteiger partial charge in [0.15, 0.2) is 8.32 Å². The maximum Gasteiger partial charge on any atom is 0.184 e. The Morgan fingerprint density at radius 2 is 1.87 bits per heavy atom. The Bertz CT molecular complexity index is 443. The number of rotatable bonds is 12. The van der Waals surface area contributed by atoms with Crippen LogP contribution < -0.4 is 0 Å². The molecule has 1 aromatic rings.